The lowest BCUT2D eigenvalue weighted by Crippen LogP contribution is -2.48. The van der Waals surface area contributed by atoms with Gasteiger partial charge in [0.25, 0.3) is 5.91 Å². The molecule has 3 heterocycles. The number of hydrogen-bond donors (Lipinski definition) is 2. The molecule has 0 radical (unpaired) electrons. The Balaban J connectivity index is 1.18. The van der Waals surface area contributed by atoms with Gasteiger partial charge in [0, 0.05) is 43.1 Å². The smallest absolute Gasteiger partial charge is 0.319 e. The Morgan fingerprint density at radius 3 is 2.41 bits per heavy atom. The molecule has 2 fully saturated rings. The van der Waals surface area contributed by atoms with E-state index in [4.69, 9.17) is 11.6 Å². The summed E-state index contributed by atoms with van der Waals surface area (Å²) in [7, 11) is 1.96. The van der Waals surface area contributed by atoms with Crippen LogP contribution in [0.2, 0.25) is 5.02 Å². The summed E-state index contributed by atoms with van der Waals surface area (Å²) < 4.78 is 0. The lowest BCUT2D eigenvalue weighted by Gasteiger charge is -2.37. The molecule has 2 saturated heterocycles. The Morgan fingerprint density at radius 2 is 1.73 bits per heavy atom. The number of benzene rings is 2. The van der Waals surface area contributed by atoms with Crippen molar-refractivity contribution >= 4 is 35.1 Å². The number of likely N-dealkylation sites (tertiary alicyclic amines) is 1. The highest BCUT2D eigenvalue weighted by atomic mass is 35.5. The van der Waals surface area contributed by atoms with Crippen LogP contribution in [-0.4, -0.2) is 77.0 Å². The molecule has 3 aliphatic heterocycles. The van der Waals surface area contributed by atoms with Crippen LogP contribution in [0.15, 0.2) is 66.5 Å². The normalized spacial score (nSPS) is 18.5. The molecule has 10 heteroatoms. The number of rotatable bonds is 6. The van der Waals surface area contributed by atoms with E-state index >= 15 is 0 Å². The summed E-state index contributed by atoms with van der Waals surface area (Å²) in [5.74, 6) is 0.0611. The molecule has 3 aliphatic rings. The molecule has 0 aromatic heterocycles. The van der Waals surface area contributed by atoms with E-state index in [1.807, 2.05) is 58.3 Å². The molecule has 2 N–H and O–H groups in total. The van der Waals surface area contributed by atoms with Crippen LogP contribution in [0.25, 0.3) is 0 Å². The topological polar surface area (TPSA) is 88.2 Å². The zero-order valence-corrected chi connectivity index (χ0v) is 21.5. The molecule has 0 spiro atoms. The van der Waals surface area contributed by atoms with Crippen molar-refractivity contribution in [1.82, 2.24) is 24.9 Å². The number of nitrogens with zero attached hydrogens (tertiary/aromatic N) is 4. The average Bonchev–Trinajstić information content (AvgIpc) is 3.42. The van der Waals surface area contributed by atoms with Gasteiger partial charge in [0.15, 0.2) is 0 Å². The van der Waals surface area contributed by atoms with Crippen molar-refractivity contribution in [3.8, 4) is 0 Å². The van der Waals surface area contributed by atoms with Gasteiger partial charge >= 0.3 is 6.03 Å². The molecule has 1 atom stereocenters. The third-order valence-electron chi connectivity index (χ3n) is 7.13. The van der Waals surface area contributed by atoms with Crippen LogP contribution >= 0.6 is 11.6 Å². The fourth-order valence-corrected chi connectivity index (χ4v) is 5.32. The summed E-state index contributed by atoms with van der Waals surface area (Å²) in [6.45, 7) is 2.51. The summed E-state index contributed by atoms with van der Waals surface area (Å²) in [5, 5.41) is 6.34. The van der Waals surface area contributed by atoms with Crippen molar-refractivity contribution in [2.24, 2.45) is 0 Å². The van der Waals surface area contributed by atoms with Gasteiger partial charge in [0.2, 0.25) is 5.91 Å². The van der Waals surface area contributed by atoms with Gasteiger partial charge in [0.05, 0.1) is 25.8 Å². The van der Waals surface area contributed by atoms with Crippen molar-refractivity contribution in [3.63, 3.8) is 0 Å². The first kappa shape index (κ1) is 25.0. The van der Waals surface area contributed by atoms with Crippen LogP contribution in [0.4, 0.5) is 10.5 Å². The maximum absolute atomic E-state index is 13.3. The highest BCUT2D eigenvalue weighted by molar-refractivity contribution is 6.30. The first-order valence-corrected chi connectivity index (χ1v) is 12.9. The minimum atomic E-state index is -0.477. The predicted molar refractivity (Wildman–Crippen MR) is 141 cm³/mol. The number of hydrogen-bond acceptors (Lipinski definition) is 5. The number of urea groups is 1. The maximum Gasteiger partial charge on any atom is 0.319 e. The number of fused-ring (bicyclic) bond motifs is 1. The molecule has 5 rings (SSSR count). The second-order valence-corrected chi connectivity index (χ2v) is 10.2. The number of anilines is 1. The van der Waals surface area contributed by atoms with E-state index in [1.54, 1.807) is 24.3 Å². The van der Waals surface area contributed by atoms with Crippen LogP contribution in [0.5, 0.6) is 0 Å². The number of amides is 4. The van der Waals surface area contributed by atoms with E-state index in [2.05, 4.69) is 15.5 Å². The SMILES string of the molecule is CN1C=C2C(=O)N(C3CCN(C(=O)CC(NC(=O)Nc4ccc(Cl)cc4)c4ccccc4)CC3)CN2C1. The standard InChI is InChI=1S/C27H31ClN6O3/c1-31-16-24-26(36)34(18-33(24)17-31)22-11-13-32(14-12-22)25(35)15-23(19-5-3-2-4-6-19)30-27(37)29-21-9-7-20(28)8-10-21/h2-10,16,22-23H,11-15,17-18H2,1H3,(H2,29,30,37). The van der Waals surface area contributed by atoms with Crippen LogP contribution in [0.3, 0.4) is 0 Å². The number of piperidine rings is 1. The van der Waals surface area contributed by atoms with E-state index in [-0.39, 0.29) is 24.3 Å². The zero-order valence-electron chi connectivity index (χ0n) is 20.8. The lowest BCUT2D eigenvalue weighted by molar-refractivity contribution is -0.134. The highest BCUT2D eigenvalue weighted by Crippen LogP contribution is 2.29. The number of nitrogens with one attached hydrogen (secondary N) is 2. The zero-order chi connectivity index (χ0) is 25.9. The summed E-state index contributed by atoms with van der Waals surface area (Å²) in [6, 6.07) is 15.6. The first-order valence-electron chi connectivity index (χ1n) is 12.5. The molecule has 37 heavy (non-hydrogen) atoms. The molecule has 2 aromatic carbocycles. The molecule has 194 valence electrons. The summed E-state index contributed by atoms with van der Waals surface area (Å²) in [4.78, 5) is 46.8. The van der Waals surface area contributed by atoms with Gasteiger partial charge in [-0.1, -0.05) is 41.9 Å². The molecular weight excluding hydrogens is 492 g/mol. The van der Waals surface area contributed by atoms with Crippen molar-refractivity contribution in [2.45, 2.75) is 31.3 Å². The largest absolute Gasteiger partial charge is 0.361 e. The Hall–Kier alpha value is -3.72. The van der Waals surface area contributed by atoms with E-state index < -0.39 is 12.1 Å². The summed E-state index contributed by atoms with van der Waals surface area (Å²) >= 11 is 5.93. The average molecular weight is 523 g/mol. The monoisotopic (exact) mass is 522 g/mol. The van der Waals surface area contributed by atoms with Crippen molar-refractivity contribution in [3.05, 3.63) is 77.1 Å². The van der Waals surface area contributed by atoms with Gasteiger partial charge in [-0.2, -0.15) is 0 Å². The Labute approximate surface area is 221 Å². The Morgan fingerprint density at radius 1 is 1.03 bits per heavy atom. The van der Waals surface area contributed by atoms with E-state index in [1.165, 1.54) is 0 Å². The second-order valence-electron chi connectivity index (χ2n) is 9.75. The Bertz CT molecular complexity index is 1180. The van der Waals surface area contributed by atoms with E-state index in [9.17, 15) is 14.4 Å². The molecule has 0 bridgehead atoms. The summed E-state index contributed by atoms with van der Waals surface area (Å²) in [5.41, 5.74) is 2.23. The second kappa shape index (κ2) is 10.7. The van der Waals surface area contributed by atoms with Crippen molar-refractivity contribution < 1.29 is 14.4 Å². The molecule has 2 aromatic rings. The van der Waals surface area contributed by atoms with Crippen molar-refractivity contribution in [2.75, 3.05) is 38.8 Å². The molecule has 1 unspecified atom stereocenters. The van der Waals surface area contributed by atoms with E-state index in [0.29, 0.717) is 30.5 Å². The minimum absolute atomic E-state index is 0.0169. The number of carbonyl (C=O) groups excluding carboxylic acids is 3. The van der Waals surface area contributed by atoms with Crippen LogP contribution in [0, 0.1) is 0 Å². The maximum atomic E-state index is 13.3. The van der Waals surface area contributed by atoms with Crippen LogP contribution in [0.1, 0.15) is 30.9 Å². The summed E-state index contributed by atoms with van der Waals surface area (Å²) in [6.07, 6.45) is 3.54. The van der Waals surface area contributed by atoms with Gasteiger partial charge in [0.1, 0.15) is 5.70 Å². The highest BCUT2D eigenvalue weighted by Gasteiger charge is 2.41. The predicted octanol–water partition coefficient (Wildman–Crippen LogP) is 3.43. The molecule has 0 aliphatic carbocycles. The van der Waals surface area contributed by atoms with Crippen LogP contribution in [-0.2, 0) is 9.59 Å². The fraction of sp³-hybridized carbons (Fsp3) is 0.370. The van der Waals surface area contributed by atoms with Gasteiger partial charge in [-0.25, -0.2) is 4.79 Å². The van der Waals surface area contributed by atoms with Gasteiger partial charge in [-0.15, -0.1) is 0 Å². The fourth-order valence-electron chi connectivity index (χ4n) is 5.19. The molecule has 4 amide bonds. The van der Waals surface area contributed by atoms with Gasteiger partial charge < -0.3 is 30.2 Å². The quantitative estimate of drug-likeness (QED) is 0.607. The molecular formula is C27H31ClN6O3. The molecule has 9 nitrogen and oxygen atoms in total. The van der Waals surface area contributed by atoms with Crippen LogP contribution < -0.4 is 10.6 Å². The Kier molecular flexibility index (Phi) is 7.23. The third-order valence-corrected chi connectivity index (χ3v) is 7.38. The molecule has 0 saturated carbocycles. The first-order chi connectivity index (χ1) is 17.9. The van der Waals surface area contributed by atoms with E-state index in [0.717, 1.165) is 30.8 Å². The third kappa shape index (κ3) is 5.67. The lowest BCUT2D eigenvalue weighted by atomic mass is 10.00. The van der Waals surface area contributed by atoms with Gasteiger partial charge in [-0.05, 0) is 42.7 Å². The van der Waals surface area contributed by atoms with Crippen molar-refractivity contribution in [1.29, 1.82) is 0 Å². The number of carbonyl (C=O) groups is 3. The minimum Gasteiger partial charge on any atom is -0.361 e. The number of halogens is 1. The van der Waals surface area contributed by atoms with Gasteiger partial charge in [-0.3, -0.25) is 9.59 Å².